The van der Waals surface area contributed by atoms with Gasteiger partial charge in [0, 0.05) is 40.2 Å². The van der Waals surface area contributed by atoms with Crippen molar-refractivity contribution in [3.8, 4) is 11.1 Å². The maximum absolute atomic E-state index is 7.00. The maximum Gasteiger partial charge on any atom is 0.143 e. The van der Waals surface area contributed by atoms with Crippen LogP contribution in [0.1, 0.15) is 59.5 Å². The predicted molar refractivity (Wildman–Crippen MR) is 204 cm³/mol. The van der Waals surface area contributed by atoms with E-state index in [9.17, 15) is 0 Å². The Bertz CT molecular complexity index is 2300. The summed E-state index contributed by atoms with van der Waals surface area (Å²) in [6.45, 7) is 0. The Hall–Kier alpha value is -5.14. The van der Waals surface area contributed by atoms with E-state index in [4.69, 9.17) is 4.42 Å². The molecule has 5 aliphatic carbocycles. The van der Waals surface area contributed by atoms with Crippen molar-refractivity contribution in [1.29, 1.82) is 0 Å². The highest BCUT2D eigenvalue weighted by atomic mass is 16.3. The lowest BCUT2D eigenvalue weighted by Gasteiger charge is -2.38. The van der Waals surface area contributed by atoms with Gasteiger partial charge in [0.15, 0.2) is 0 Å². The second kappa shape index (κ2) is 11.8. The van der Waals surface area contributed by atoms with Crippen LogP contribution in [0.25, 0.3) is 38.9 Å². The summed E-state index contributed by atoms with van der Waals surface area (Å²) in [6.07, 6.45) is 33.8. The molecule has 1 saturated carbocycles. The zero-order chi connectivity index (χ0) is 32.3. The van der Waals surface area contributed by atoms with Gasteiger partial charge in [-0.25, -0.2) is 0 Å². The molecule has 1 heterocycles. The van der Waals surface area contributed by atoms with Crippen LogP contribution in [-0.2, 0) is 0 Å². The van der Waals surface area contributed by atoms with Crippen LogP contribution in [0.4, 0.5) is 0 Å². The Morgan fingerprint density at radius 1 is 0.551 bits per heavy atom. The molecule has 10 rings (SSSR count). The first-order valence-corrected chi connectivity index (χ1v) is 18.2. The van der Waals surface area contributed by atoms with Crippen LogP contribution < -0.4 is 0 Å². The first-order chi connectivity index (χ1) is 24.3. The van der Waals surface area contributed by atoms with Crippen molar-refractivity contribution in [2.24, 2.45) is 23.7 Å². The van der Waals surface area contributed by atoms with E-state index in [0.717, 1.165) is 24.2 Å². The molecule has 4 aromatic carbocycles. The van der Waals surface area contributed by atoms with Crippen LogP contribution in [0.15, 0.2) is 168 Å². The quantitative estimate of drug-likeness (QED) is 0.192. The number of fused-ring (bicyclic) bond motifs is 7. The fourth-order valence-corrected chi connectivity index (χ4v) is 9.56. The average Bonchev–Trinajstić information content (AvgIpc) is 3.58. The van der Waals surface area contributed by atoms with Crippen LogP contribution in [0, 0.1) is 23.7 Å². The number of hydrogen-bond donors (Lipinski definition) is 0. The van der Waals surface area contributed by atoms with Gasteiger partial charge in [0.25, 0.3) is 0 Å². The standard InChI is InChI=1S/C48H40O/c1-2-10-31(11-3-1)39-28-40(37-20-18-32-12-4-6-15-35(32)26-37)30-41(29-39)43-23-24-44(38-21-19-33-13-5-7-16-36(33)27-38)48-47(43)46-42-17-9-8-14-34(42)22-25-45(46)49-48/h1-27,32,34-35,39-42H,28-30H2. The zero-order valence-electron chi connectivity index (χ0n) is 27.7. The van der Waals surface area contributed by atoms with Crippen LogP contribution >= 0.6 is 0 Å². The summed E-state index contributed by atoms with van der Waals surface area (Å²) in [5.74, 6) is 4.04. The van der Waals surface area contributed by atoms with Crippen molar-refractivity contribution in [2.45, 2.75) is 37.0 Å². The largest absolute Gasteiger partial charge is 0.456 e. The second-order valence-electron chi connectivity index (χ2n) is 14.7. The summed E-state index contributed by atoms with van der Waals surface area (Å²) < 4.78 is 7.00. The number of hydrogen-bond acceptors (Lipinski definition) is 1. The van der Waals surface area contributed by atoms with Gasteiger partial charge < -0.3 is 4.42 Å². The van der Waals surface area contributed by atoms with Gasteiger partial charge in [-0.15, -0.1) is 0 Å². The van der Waals surface area contributed by atoms with Crippen LogP contribution in [0.2, 0.25) is 0 Å². The highest BCUT2D eigenvalue weighted by Crippen LogP contribution is 2.53. The summed E-state index contributed by atoms with van der Waals surface area (Å²) in [7, 11) is 0. The minimum atomic E-state index is 0.285. The molecule has 7 unspecified atom stereocenters. The zero-order valence-corrected chi connectivity index (χ0v) is 27.7. The van der Waals surface area contributed by atoms with E-state index in [2.05, 4.69) is 164 Å². The molecule has 0 aliphatic heterocycles. The lowest BCUT2D eigenvalue weighted by Crippen LogP contribution is -2.24. The van der Waals surface area contributed by atoms with Crippen molar-refractivity contribution < 1.29 is 4.42 Å². The number of rotatable bonds is 4. The van der Waals surface area contributed by atoms with Crippen LogP contribution in [0.3, 0.4) is 0 Å². The number of benzene rings is 4. The Kier molecular flexibility index (Phi) is 6.93. The Morgan fingerprint density at radius 2 is 1.29 bits per heavy atom. The van der Waals surface area contributed by atoms with Crippen LogP contribution in [0.5, 0.6) is 0 Å². The average molecular weight is 633 g/mol. The minimum absolute atomic E-state index is 0.285. The predicted octanol–water partition coefficient (Wildman–Crippen LogP) is 12.6. The Morgan fingerprint density at radius 3 is 2.18 bits per heavy atom. The van der Waals surface area contributed by atoms with Gasteiger partial charge in [0.05, 0.1) is 0 Å². The minimum Gasteiger partial charge on any atom is -0.456 e. The molecule has 238 valence electrons. The SMILES string of the molecule is C1=CC2C=CC(C3CC(c4ccccc4)CC(c4ccc(-c5ccc6ccccc6c5)c5oc6c(c45)C4C=CC=CC4C=C6)C3)=CC2C=C1. The summed E-state index contributed by atoms with van der Waals surface area (Å²) >= 11 is 0. The van der Waals surface area contributed by atoms with Gasteiger partial charge in [0.2, 0.25) is 0 Å². The van der Waals surface area contributed by atoms with E-state index in [1.165, 1.54) is 56.0 Å². The maximum atomic E-state index is 7.00. The lowest BCUT2D eigenvalue weighted by atomic mass is 9.66. The van der Waals surface area contributed by atoms with Crippen molar-refractivity contribution in [3.05, 3.63) is 186 Å². The molecule has 1 nitrogen and oxygen atoms in total. The summed E-state index contributed by atoms with van der Waals surface area (Å²) in [5.41, 5.74) is 9.27. The third-order valence-corrected chi connectivity index (χ3v) is 12.0. The smallest absolute Gasteiger partial charge is 0.143 e. The normalized spacial score (nSPS) is 28.0. The summed E-state index contributed by atoms with van der Waals surface area (Å²) in [5, 5.41) is 3.88. The second-order valence-corrected chi connectivity index (χ2v) is 14.7. The number of allylic oxidation sites excluding steroid dienone is 13. The lowest BCUT2D eigenvalue weighted by molar-refractivity contribution is 0.323. The molecule has 0 bridgehead atoms. The monoisotopic (exact) mass is 632 g/mol. The van der Waals surface area contributed by atoms with E-state index in [1.54, 1.807) is 0 Å². The molecule has 0 radical (unpaired) electrons. The van der Waals surface area contributed by atoms with Gasteiger partial charge >= 0.3 is 0 Å². The molecular formula is C48H40O. The molecule has 0 saturated heterocycles. The van der Waals surface area contributed by atoms with Crippen molar-refractivity contribution in [1.82, 2.24) is 0 Å². The highest BCUT2D eigenvalue weighted by Gasteiger charge is 2.37. The summed E-state index contributed by atoms with van der Waals surface area (Å²) in [6, 6.07) is 31.6. The fourth-order valence-electron chi connectivity index (χ4n) is 9.56. The Balaban J connectivity index is 1.14. The van der Waals surface area contributed by atoms with Gasteiger partial charge in [-0.3, -0.25) is 0 Å². The van der Waals surface area contributed by atoms with Crippen molar-refractivity contribution in [3.63, 3.8) is 0 Å². The topological polar surface area (TPSA) is 13.1 Å². The van der Waals surface area contributed by atoms with Gasteiger partial charge in [-0.05, 0) is 82.2 Å². The van der Waals surface area contributed by atoms with Crippen LogP contribution in [-0.4, -0.2) is 0 Å². The van der Waals surface area contributed by atoms with Gasteiger partial charge in [-0.2, -0.15) is 0 Å². The first kappa shape index (κ1) is 28.8. The number of furan rings is 1. The van der Waals surface area contributed by atoms with Gasteiger partial charge in [-0.1, -0.05) is 152 Å². The third kappa shape index (κ3) is 4.98. The fraction of sp³-hybridized carbons (Fsp3) is 0.208. The molecule has 1 heteroatoms. The molecule has 0 spiro atoms. The van der Waals surface area contributed by atoms with E-state index < -0.39 is 0 Å². The third-order valence-electron chi connectivity index (χ3n) is 12.0. The van der Waals surface area contributed by atoms with E-state index in [1.807, 2.05) is 0 Å². The molecule has 0 N–H and O–H groups in total. The molecule has 0 amide bonds. The molecule has 1 aromatic heterocycles. The van der Waals surface area contributed by atoms with E-state index in [0.29, 0.717) is 35.5 Å². The molecular weight excluding hydrogens is 593 g/mol. The van der Waals surface area contributed by atoms with Gasteiger partial charge in [0.1, 0.15) is 11.3 Å². The molecule has 7 atom stereocenters. The van der Waals surface area contributed by atoms with E-state index >= 15 is 0 Å². The highest BCUT2D eigenvalue weighted by molar-refractivity contribution is 6.01. The van der Waals surface area contributed by atoms with Crippen molar-refractivity contribution >= 4 is 27.8 Å². The Labute approximate surface area is 289 Å². The van der Waals surface area contributed by atoms with E-state index in [-0.39, 0.29) is 5.92 Å². The molecule has 5 aromatic rings. The van der Waals surface area contributed by atoms with Crippen molar-refractivity contribution in [2.75, 3.05) is 0 Å². The molecule has 1 fully saturated rings. The molecule has 49 heavy (non-hydrogen) atoms. The molecule has 5 aliphatic rings. The first-order valence-electron chi connectivity index (χ1n) is 18.2. The summed E-state index contributed by atoms with van der Waals surface area (Å²) in [4.78, 5) is 0.